The number of nitrogens with zero attached hydrogens (tertiary/aromatic N) is 4. The maximum atomic E-state index is 12.7. The van der Waals surface area contributed by atoms with Gasteiger partial charge in [-0.25, -0.2) is 14.3 Å². The molecule has 0 aliphatic carbocycles. The number of anilines is 1. The third-order valence-corrected chi connectivity index (χ3v) is 3.84. The summed E-state index contributed by atoms with van der Waals surface area (Å²) in [6.07, 6.45) is 2.70. The molecule has 2 heterocycles. The van der Waals surface area contributed by atoms with E-state index in [0.29, 0.717) is 5.65 Å². The van der Waals surface area contributed by atoms with Gasteiger partial charge in [-0.2, -0.15) is 5.10 Å². The molecule has 1 aromatic carbocycles. The Labute approximate surface area is 162 Å². The zero-order valence-corrected chi connectivity index (χ0v) is 16.2. The first kappa shape index (κ1) is 19.3. The van der Waals surface area contributed by atoms with Crippen molar-refractivity contribution in [2.45, 2.75) is 26.4 Å². The summed E-state index contributed by atoms with van der Waals surface area (Å²) in [6, 6.07) is 11.3. The van der Waals surface area contributed by atoms with Gasteiger partial charge in [-0.15, -0.1) is 0 Å². The number of hydrogen-bond donors (Lipinski definition) is 0. The Morgan fingerprint density at radius 2 is 1.86 bits per heavy atom. The lowest BCUT2D eigenvalue weighted by Crippen LogP contribution is -2.40. The summed E-state index contributed by atoms with van der Waals surface area (Å²) < 4.78 is 11.7. The van der Waals surface area contributed by atoms with E-state index in [1.807, 2.05) is 30.3 Å². The number of amides is 1. The number of ether oxygens (including phenoxy) is 2. The van der Waals surface area contributed by atoms with Crippen LogP contribution in [0.15, 0.2) is 48.8 Å². The molecule has 0 bridgehead atoms. The third kappa shape index (κ3) is 4.28. The van der Waals surface area contributed by atoms with E-state index in [1.54, 1.807) is 43.7 Å². The normalized spacial score (nSPS) is 11.3. The molecule has 0 N–H and O–H groups in total. The minimum atomic E-state index is -0.721. The molecule has 8 nitrogen and oxygen atoms in total. The highest BCUT2D eigenvalue weighted by molar-refractivity contribution is 5.93. The minimum absolute atomic E-state index is 0.268. The summed E-state index contributed by atoms with van der Waals surface area (Å²) in [6.45, 7) is 4.94. The zero-order valence-electron chi connectivity index (χ0n) is 16.2. The predicted octanol–water partition coefficient (Wildman–Crippen LogP) is 3.31. The van der Waals surface area contributed by atoms with Crippen LogP contribution >= 0.6 is 0 Å². The number of carbonyl (C=O) groups is 2. The molecule has 0 unspecified atom stereocenters. The van der Waals surface area contributed by atoms with Crippen LogP contribution in [0.2, 0.25) is 0 Å². The number of benzene rings is 1. The van der Waals surface area contributed by atoms with E-state index < -0.39 is 17.7 Å². The fourth-order valence-electron chi connectivity index (χ4n) is 2.58. The maximum absolute atomic E-state index is 12.7. The summed E-state index contributed by atoms with van der Waals surface area (Å²) in [4.78, 5) is 30.2. The van der Waals surface area contributed by atoms with Gasteiger partial charge in [-0.05, 0) is 32.4 Å². The smallest absolute Gasteiger partial charge is 0.416 e. The van der Waals surface area contributed by atoms with Crippen LogP contribution in [0.4, 0.5) is 10.6 Å². The molecule has 0 aliphatic rings. The van der Waals surface area contributed by atoms with Gasteiger partial charge in [0.15, 0.2) is 5.65 Å². The molecule has 0 saturated carbocycles. The Kier molecular flexibility index (Phi) is 5.30. The van der Waals surface area contributed by atoms with Gasteiger partial charge in [-0.1, -0.05) is 30.3 Å². The predicted molar refractivity (Wildman–Crippen MR) is 104 cm³/mol. The summed E-state index contributed by atoms with van der Waals surface area (Å²) in [5, 5.41) is 4.30. The van der Waals surface area contributed by atoms with Gasteiger partial charge in [0.1, 0.15) is 18.0 Å². The third-order valence-electron chi connectivity index (χ3n) is 3.84. The molecule has 0 atom stereocenters. The Bertz CT molecular complexity index is 992. The Hall–Kier alpha value is -3.42. The van der Waals surface area contributed by atoms with Crippen molar-refractivity contribution in [3.8, 4) is 11.1 Å². The van der Waals surface area contributed by atoms with Gasteiger partial charge in [0.05, 0.1) is 13.3 Å². The Morgan fingerprint density at radius 3 is 2.50 bits per heavy atom. The number of hydrogen-bond acceptors (Lipinski definition) is 6. The molecule has 8 heteroatoms. The van der Waals surface area contributed by atoms with Crippen molar-refractivity contribution in [3.05, 3.63) is 48.8 Å². The van der Waals surface area contributed by atoms with Crippen LogP contribution in [0.5, 0.6) is 0 Å². The van der Waals surface area contributed by atoms with Crippen LogP contribution in [0.1, 0.15) is 20.8 Å². The molecular weight excluding hydrogens is 360 g/mol. The van der Waals surface area contributed by atoms with Crippen molar-refractivity contribution in [2.24, 2.45) is 0 Å². The van der Waals surface area contributed by atoms with Crippen molar-refractivity contribution >= 4 is 23.5 Å². The summed E-state index contributed by atoms with van der Waals surface area (Å²) in [5.74, 6) is -0.311. The quantitative estimate of drug-likeness (QED) is 0.644. The summed E-state index contributed by atoms with van der Waals surface area (Å²) in [5.41, 5.74) is 1.59. The van der Waals surface area contributed by atoms with Crippen molar-refractivity contribution in [1.82, 2.24) is 14.6 Å². The first-order valence-corrected chi connectivity index (χ1v) is 8.75. The number of rotatable bonds is 4. The lowest BCUT2D eigenvalue weighted by molar-refractivity contribution is -0.139. The largest absolute Gasteiger partial charge is 0.468 e. The van der Waals surface area contributed by atoms with E-state index in [9.17, 15) is 9.59 Å². The second-order valence-corrected chi connectivity index (χ2v) is 7.12. The Balaban J connectivity index is 2.04. The van der Waals surface area contributed by atoms with Crippen molar-refractivity contribution in [2.75, 3.05) is 18.6 Å². The maximum Gasteiger partial charge on any atom is 0.416 e. The Morgan fingerprint density at radius 1 is 1.14 bits per heavy atom. The van der Waals surface area contributed by atoms with E-state index in [1.165, 1.54) is 7.11 Å². The molecule has 0 radical (unpaired) electrons. The van der Waals surface area contributed by atoms with Crippen molar-refractivity contribution in [3.63, 3.8) is 0 Å². The molecule has 28 heavy (non-hydrogen) atoms. The molecule has 0 fully saturated rings. The van der Waals surface area contributed by atoms with Crippen molar-refractivity contribution < 1.29 is 19.1 Å². The van der Waals surface area contributed by atoms with Crippen LogP contribution in [-0.4, -0.2) is 45.9 Å². The van der Waals surface area contributed by atoms with E-state index in [2.05, 4.69) is 10.1 Å². The van der Waals surface area contributed by atoms with Gasteiger partial charge in [0.2, 0.25) is 0 Å². The second kappa shape index (κ2) is 7.67. The van der Waals surface area contributed by atoms with E-state index in [-0.39, 0.29) is 12.4 Å². The lowest BCUT2D eigenvalue weighted by atomic mass is 10.1. The topological polar surface area (TPSA) is 86.0 Å². The summed E-state index contributed by atoms with van der Waals surface area (Å²) in [7, 11) is 1.26. The number of aromatic nitrogens is 3. The van der Waals surface area contributed by atoms with Crippen molar-refractivity contribution in [1.29, 1.82) is 0 Å². The fraction of sp³-hybridized carbons (Fsp3) is 0.300. The standard InChI is InChI=1S/C20H22N4O4/c1-20(2,3)28-19(26)23(13-17(25)27-4)16-10-11-24-18(22-16)15(12-21-24)14-8-6-5-7-9-14/h5-12H,13H2,1-4H3. The molecule has 146 valence electrons. The highest BCUT2D eigenvalue weighted by Gasteiger charge is 2.27. The molecular formula is C20H22N4O4. The van der Waals surface area contributed by atoms with Gasteiger partial charge < -0.3 is 9.47 Å². The van der Waals surface area contributed by atoms with Crippen LogP contribution in [0.3, 0.4) is 0 Å². The monoisotopic (exact) mass is 382 g/mol. The lowest BCUT2D eigenvalue weighted by Gasteiger charge is -2.26. The van der Waals surface area contributed by atoms with Gasteiger partial charge >= 0.3 is 12.1 Å². The first-order chi connectivity index (χ1) is 13.3. The molecule has 0 aliphatic heterocycles. The number of fused-ring (bicyclic) bond motifs is 1. The van der Waals surface area contributed by atoms with Gasteiger partial charge in [0, 0.05) is 11.8 Å². The minimum Gasteiger partial charge on any atom is -0.468 e. The van der Waals surface area contributed by atoms with Gasteiger partial charge in [0.25, 0.3) is 0 Å². The highest BCUT2D eigenvalue weighted by atomic mass is 16.6. The summed E-state index contributed by atoms with van der Waals surface area (Å²) >= 11 is 0. The molecule has 0 saturated heterocycles. The molecule has 0 spiro atoms. The highest BCUT2D eigenvalue weighted by Crippen LogP contribution is 2.25. The molecule has 3 rings (SSSR count). The van der Waals surface area contributed by atoms with Crippen LogP contribution < -0.4 is 4.90 Å². The number of carbonyl (C=O) groups excluding carboxylic acids is 2. The fourth-order valence-corrected chi connectivity index (χ4v) is 2.58. The van der Waals surface area contributed by atoms with Crippen LogP contribution in [-0.2, 0) is 14.3 Å². The molecule has 2 aromatic heterocycles. The van der Waals surface area contributed by atoms with E-state index >= 15 is 0 Å². The second-order valence-electron chi connectivity index (χ2n) is 7.12. The molecule has 1 amide bonds. The first-order valence-electron chi connectivity index (χ1n) is 8.75. The number of methoxy groups -OCH3 is 1. The molecule has 3 aromatic rings. The SMILES string of the molecule is COC(=O)CN(C(=O)OC(C)(C)C)c1ccn2ncc(-c3ccccc3)c2n1. The van der Waals surface area contributed by atoms with Crippen LogP contribution in [0.25, 0.3) is 16.8 Å². The van der Waals surface area contributed by atoms with Crippen LogP contribution in [0, 0.1) is 0 Å². The zero-order chi connectivity index (χ0) is 20.3. The average Bonchev–Trinajstić information content (AvgIpc) is 3.08. The van der Waals surface area contributed by atoms with E-state index in [0.717, 1.165) is 16.0 Å². The number of esters is 1. The van der Waals surface area contributed by atoms with E-state index in [4.69, 9.17) is 9.47 Å². The van der Waals surface area contributed by atoms with Gasteiger partial charge in [-0.3, -0.25) is 9.69 Å². The average molecular weight is 382 g/mol.